The number of nitrogens with zero attached hydrogens (tertiary/aromatic N) is 5. The van der Waals surface area contributed by atoms with Gasteiger partial charge in [0.05, 0.1) is 32.4 Å². The van der Waals surface area contributed by atoms with Crippen molar-refractivity contribution in [3.63, 3.8) is 0 Å². The second-order valence-corrected chi connectivity index (χ2v) is 13.8. The van der Waals surface area contributed by atoms with Crippen LogP contribution < -0.4 is 35.8 Å². The summed E-state index contributed by atoms with van der Waals surface area (Å²) in [7, 11) is 6.45. The van der Waals surface area contributed by atoms with Crippen molar-refractivity contribution in [2.75, 3.05) is 54.1 Å². The monoisotopic (exact) mass is 736 g/mol. The molecule has 2 aliphatic rings. The molecular weight excluding hydrogens is 692 g/mol. The van der Waals surface area contributed by atoms with Gasteiger partial charge in [0.1, 0.15) is 17.6 Å². The number of aryl methyl sites for hydroxylation is 1. The Hall–Kier alpha value is -5.89. The lowest BCUT2D eigenvalue weighted by molar-refractivity contribution is 0.0603. The number of piperidine rings is 2. The second kappa shape index (κ2) is 15.6. The number of methoxy groups -OCH3 is 3. The van der Waals surface area contributed by atoms with Gasteiger partial charge in [0.15, 0.2) is 11.5 Å². The van der Waals surface area contributed by atoms with Crippen LogP contribution in [0.1, 0.15) is 36.0 Å². The fraction of sp³-hybridized carbons (Fsp3) is 0.375. The molecule has 0 aliphatic carbocycles. The molecule has 14 heteroatoms. The Morgan fingerprint density at radius 2 is 1.56 bits per heavy atom. The van der Waals surface area contributed by atoms with Gasteiger partial charge in [-0.1, -0.05) is 0 Å². The molecule has 0 unspecified atom stereocenters. The highest BCUT2D eigenvalue weighted by Gasteiger charge is 2.29. The van der Waals surface area contributed by atoms with Crippen LogP contribution >= 0.6 is 0 Å². The van der Waals surface area contributed by atoms with Gasteiger partial charge in [-0.3, -0.25) is 28.9 Å². The Labute approximate surface area is 311 Å². The molecule has 2 aromatic carbocycles. The smallest absolute Gasteiger partial charge is 0.333 e. The molecule has 3 aromatic heterocycles. The Morgan fingerprint density at radius 3 is 2.26 bits per heavy atom. The Balaban J connectivity index is 0.952. The highest BCUT2D eigenvalue weighted by molar-refractivity contribution is 5.97. The molecule has 1 amide bonds. The maximum atomic E-state index is 13.5. The van der Waals surface area contributed by atoms with Gasteiger partial charge in [0.25, 0.3) is 17.0 Å². The minimum Gasteiger partial charge on any atom is -0.496 e. The maximum absolute atomic E-state index is 13.5. The summed E-state index contributed by atoms with van der Waals surface area (Å²) in [6.45, 7) is 4.06. The molecule has 54 heavy (non-hydrogen) atoms. The molecule has 14 nitrogen and oxygen atoms in total. The van der Waals surface area contributed by atoms with Gasteiger partial charge in [-0.2, -0.15) is 0 Å². The Morgan fingerprint density at radius 1 is 0.815 bits per heavy atom. The lowest BCUT2D eigenvalue weighted by Gasteiger charge is -2.37. The molecule has 5 aromatic rings. The predicted molar refractivity (Wildman–Crippen MR) is 203 cm³/mol. The SMILES string of the molecule is COc1cc(-c2cn(C)c(=O)c3cnccc23)c(OC)cc1OC1CCN(CC2CCN(C(=O)c3ccc(OC)c(-n4ccc(=O)[nH]c4=O)c3)CC2)CC1. The van der Waals surface area contributed by atoms with Crippen molar-refractivity contribution in [3.05, 3.63) is 104 Å². The first-order valence-electron chi connectivity index (χ1n) is 18.1. The molecule has 1 N–H and O–H groups in total. The Bertz CT molecular complexity index is 2350. The van der Waals surface area contributed by atoms with Crippen LogP contribution in [0, 0.1) is 5.92 Å². The van der Waals surface area contributed by atoms with Gasteiger partial charge in [-0.05, 0) is 67.3 Å². The summed E-state index contributed by atoms with van der Waals surface area (Å²) in [4.78, 5) is 61.1. The number of likely N-dealkylation sites (tertiary alicyclic amines) is 2. The molecule has 0 atom stereocenters. The zero-order valence-electron chi connectivity index (χ0n) is 30.9. The number of aromatic nitrogens is 4. The maximum Gasteiger partial charge on any atom is 0.333 e. The van der Waals surface area contributed by atoms with Gasteiger partial charge < -0.3 is 33.3 Å². The standard InChI is InChI=1S/C40H44N6O8/c1-43-24-31(28-7-13-41-22-30(28)39(43)49)29-20-35(53-4)36(21-34(29)52-3)54-27-10-14-44(15-11-27)23-25-8-16-45(17-9-25)38(48)26-5-6-33(51-2)32(19-26)46-18-12-37(47)42-40(46)50/h5-7,12-13,18-22,24-25,27H,8-11,14-17,23H2,1-4H3,(H,42,47,50). The number of nitrogens with one attached hydrogen (secondary N) is 1. The number of carbonyl (C=O) groups excluding carboxylic acids is 1. The van der Waals surface area contributed by atoms with E-state index >= 15 is 0 Å². The first-order chi connectivity index (χ1) is 26.2. The summed E-state index contributed by atoms with van der Waals surface area (Å²) in [6, 6.07) is 11.9. The van der Waals surface area contributed by atoms with Crippen molar-refractivity contribution in [1.82, 2.24) is 28.9 Å². The summed E-state index contributed by atoms with van der Waals surface area (Å²) in [5.74, 6) is 2.59. The molecule has 2 fully saturated rings. The van der Waals surface area contributed by atoms with E-state index in [4.69, 9.17) is 18.9 Å². The quantitative estimate of drug-likeness (QED) is 0.224. The van der Waals surface area contributed by atoms with Crippen molar-refractivity contribution in [3.8, 4) is 39.8 Å². The van der Waals surface area contributed by atoms with Crippen molar-refractivity contribution in [1.29, 1.82) is 0 Å². The fourth-order valence-corrected chi connectivity index (χ4v) is 7.57. The first-order valence-corrected chi connectivity index (χ1v) is 18.1. The van der Waals surface area contributed by atoms with E-state index < -0.39 is 11.2 Å². The number of fused-ring (bicyclic) bond motifs is 1. The summed E-state index contributed by atoms with van der Waals surface area (Å²) in [5, 5.41) is 1.30. The number of carbonyl (C=O) groups is 1. The first kappa shape index (κ1) is 36.5. The van der Waals surface area contributed by atoms with E-state index in [1.54, 1.807) is 62.6 Å². The highest BCUT2D eigenvalue weighted by atomic mass is 16.5. The van der Waals surface area contributed by atoms with Crippen LogP contribution in [0.15, 0.2) is 81.6 Å². The number of aromatic amines is 1. The Kier molecular flexibility index (Phi) is 10.5. The number of pyridine rings is 2. The minimum absolute atomic E-state index is 0.0102. The van der Waals surface area contributed by atoms with Crippen LogP contribution in [-0.4, -0.2) is 95.0 Å². The van der Waals surface area contributed by atoms with Gasteiger partial charge in [0.2, 0.25) is 0 Å². The highest BCUT2D eigenvalue weighted by Crippen LogP contribution is 2.42. The van der Waals surface area contributed by atoms with E-state index in [0.29, 0.717) is 58.6 Å². The molecule has 0 spiro atoms. The van der Waals surface area contributed by atoms with Crippen LogP contribution in [-0.2, 0) is 7.05 Å². The number of amides is 1. The fourth-order valence-electron chi connectivity index (χ4n) is 7.57. The minimum atomic E-state index is -0.609. The van der Waals surface area contributed by atoms with E-state index in [1.165, 1.54) is 23.9 Å². The van der Waals surface area contributed by atoms with Crippen LogP contribution in [0.4, 0.5) is 0 Å². The van der Waals surface area contributed by atoms with E-state index in [1.807, 2.05) is 23.1 Å². The van der Waals surface area contributed by atoms with Crippen LogP contribution in [0.3, 0.4) is 0 Å². The molecule has 5 heterocycles. The number of hydrogen-bond acceptors (Lipinski definition) is 10. The van der Waals surface area contributed by atoms with Crippen LogP contribution in [0.2, 0.25) is 0 Å². The summed E-state index contributed by atoms with van der Waals surface area (Å²) in [6.07, 6.45) is 9.97. The molecule has 2 saturated heterocycles. The van der Waals surface area contributed by atoms with Gasteiger partial charge >= 0.3 is 5.69 Å². The third-order valence-corrected chi connectivity index (χ3v) is 10.5. The average molecular weight is 737 g/mol. The normalized spacial score (nSPS) is 15.7. The lowest BCUT2D eigenvalue weighted by atomic mass is 9.94. The topological polar surface area (TPSA) is 150 Å². The summed E-state index contributed by atoms with van der Waals surface area (Å²) >= 11 is 0. The van der Waals surface area contributed by atoms with Crippen LogP contribution in [0.5, 0.6) is 23.0 Å². The molecule has 0 radical (unpaired) electrons. The molecule has 2 aliphatic heterocycles. The van der Waals surface area contributed by atoms with Gasteiger partial charge in [-0.25, -0.2) is 4.79 Å². The third-order valence-electron chi connectivity index (χ3n) is 10.5. The van der Waals surface area contributed by atoms with Crippen molar-refractivity contribution >= 4 is 16.7 Å². The largest absolute Gasteiger partial charge is 0.496 e. The molecule has 282 valence electrons. The number of hydrogen-bond donors (Lipinski definition) is 1. The number of rotatable bonds is 10. The van der Waals surface area contributed by atoms with Crippen molar-refractivity contribution in [2.24, 2.45) is 13.0 Å². The predicted octanol–water partition coefficient (Wildman–Crippen LogP) is 3.86. The second-order valence-electron chi connectivity index (χ2n) is 13.8. The van der Waals surface area contributed by atoms with E-state index in [-0.39, 0.29) is 17.6 Å². The van der Waals surface area contributed by atoms with E-state index in [2.05, 4.69) is 14.9 Å². The zero-order chi connectivity index (χ0) is 37.9. The number of ether oxygens (including phenoxy) is 4. The molecule has 7 rings (SSSR count). The summed E-state index contributed by atoms with van der Waals surface area (Å²) < 4.78 is 26.4. The number of benzene rings is 2. The van der Waals surface area contributed by atoms with Gasteiger partial charge in [0, 0.05) is 93.4 Å². The zero-order valence-corrected chi connectivity index (χ0v) is 30.9. The third kappa shape index (κ3) is 7.33. The molecule has 0 bridgehead atoms. The average Bonchev–Trinajstić information content (AvgIpc) is 3.19. The lowest BCUT2D eigenvalue weighted by Crippen LogP contribution is -2.44. The van der Waals surface area contributed by atoms with Crippen molar-refractivity contribution in [2.45, 2.75) is 31.8 Å². The number of H-pyrrole nitrogens is 1. The van der Waals surface area contributed by atoms with E-state index in [9.17, 15) is 19.2 Å². The van der Waals surface area contributed by atoms with E-state index in [0.717, 1.165) is 61.8 Å². The van der Waals surface area contributed by atoms with Crippen molar-refractivity contribution < 1.29 is 23.7 Å². The van der Waals surface area contributed by atoms with Gasteiger partial charge in [-0.15, -0.1) is 0 Å². The van der Waals surface area contributed by atoms with Crippen LogP contribution in [0.25, 0.3) is 27.6 Å². The molecule has 0 saturated carbocycles. The summed E-state index contributed by atoms with van der Waals surface area (Å²) in [5.41, 5.74) is 1.22. The molecular formula is C40H44N6O8.